The molecule has 0 N–H and O–H groups in total. The second kappa shape index (κ2) is 9.67. The second-order valence-corrected chi connectivity index (χ2v) is 8.62. The molecular formula is C24H26F5N3O. The van der Waals surface area contributed by atoms with Gasteiger partial charge in [-0.05, 0) is 48.7 Å². The van der Waals surface area contributed by atoms with Crippen molar-refractivity contribution in [3.05, 3.63) is 65.2 Å². The molecule has 0 aliphatic carbocycles. The summed E-state index contributed by atoms with van der Waals surface area (Å²) in [7, 11) is 0. The number of hydrogen-bond acceptors (Lipinski definition) is 3. The lowest BCUT2D eigenvalue weighted by atomic mass is 10.1. The maximum absolute atomic E-state index is 13.5. The summed E-state index contributed by atoms with van der Waals surface area (Å²) in [6.45, 7) is 3.41. The number of hydrogen-bond donors (Lipinski definition) is 0. The lowest BCUT2D eigenvalue weighted by molar-refractivity contribution is -0.137. The minimum atomic E-state index is -4.36. The van der Waals surface area contributed by atoms with Crippen LogP contribution in [0.3, 0.4) is 0 Å². The van der Waals surface area contributed by atoms with E-state index in [1.165, 1.54) is 18.2 Å². The number of likely N-dealkylation sites (tertiary alicyclic amines) is 1. The fraction of sp³-hybridized carbons (Fsp3) is 0.458. The largest absolute Gasteiger partial charge is 0.416 e. The minimum Gasteiger partial charge on any atom is -0.369 e. The maximum Gasteiger partial charge on any atom is 0.416 e. The Labute approximate surface area is 189 Å². The number of halogens is 5. The highest BCUT2D eigenvalue weighted by atomic mass is 19.4. The molecule has 0 radical (unpaired) electrons. The predicted molar refractivity (Wildman–Crippen MR) is 115 cm³/mol. The highest BCUT2D eigenvalue weighted by Gasteiger charge is 2.32. The van der Waals surface area contributed by atoms with Crippen LogP contribution in [-0.2, 0) is 17.5 Å². The summed E-state index contributed by atoms with van der Waals surface area (Å²) in [5, 5.41) is 0. The van der Waals surface area contributed by atoms with E-state index in [1.807, 2.05) is 4.90 Å². The Morgan fingerprint density at radius 3 is 2.33 bits per heavy atom. The van der Waals surface area contributed by atoms with Crippen LogP contribution < -0.4 is 4.90 Å². The van der Waals surface area contributed by atoms with Gasteiger partial charge in [0.15, 0.2) is 11.6 Å². The molecule has 1 atom stereocenters. The van der Waals surface area contributed by atoms with Gasteiger partial charge in [-0.25, -0.2) is 8.78 Å². The van der Waals surface area contributed by atoms with Gasteiger partial charge in [0.05, 0.1) is 5.56 Å². The molecule has 2 heterocycles. The molecule has 33 heavy (non-hydrogen) atoms. The Balaban J connectivity index is 1.33. The molecule has 1 amide bonds. The molecule has 2 aromatic carbocycles. The molecule has 9 heteroatoms. The average Bonchev–Trinajstić information content (AvgIpc) is 2.98. The number of benzene rings is 2. The van der Waals surface area contributed by atoms with Gasteiger partial charge >= 0.3 is 6.18 Å². The molecule has 0 bridgehead atoms. The Hall–Kier alpha value is -2.68. The third kappa shape index (κ3) is 5.63. The summed E-state index contributed by atoms with van der Waals surface area (Å²) >= 11 is 0. The van der Waals surface area contributed by atoms with Gasteiger partial charge in [0, 0.05) is 57.4 Å². The lowest BCUT2D eigenvalue weighted by Gasteiger charge is -2.40. The predicted octanol–water partition coefficient (Wildman–Crippen LogP) is 4.69. The lowest BCUT2D eigenvalue weighted by Crippen LogP contribution is -2.50. The van der Waals surface area contributed by atoms with Crippen molar-refractivity contribution in [3.63, 3.8) is 0 Å². The molecule has 0 aromatic heterocycles. The normalized spacial score (nSPS) is 20.8. The van der Waals surface area contributed by atoms with Crippen LogP contribution >= 0.6 is 0 Å². The topological polar surface area (TPSA) is 26.8 Å². The fourth-order valence-corrected chi connectivity index (χ4v) is 4.64. The van der Waals surface area contributed by atoms with Crippen LogP contribution in [0.15, 0.2) is 42.5 Å². The minimum absolute atomic E-state index is 0.00941. The van der Waals surface area contributed by atoms with Crippen molar-refractivity contribution < 1.29 is 26.7 Å². The summed E-state index contributed by atoms with van der Waals surface area (Å²) < 4.78 is 65.7. The Morgan fingerprint density at radius 2 is 1.64 bits per heavy atom. The van der Waals surface area contributed by atoms with E-state index in [0.717, 1.165) is 24.6 Å². The van der Waals surface area contributed by atoms with Crippen LogP contribution in [0.25, 0.3) is 0 Å². The number of rotatable bonds is 4. The molecule has 178 valence electrons. The van der Waals surface area contributed by atoms with Crippen LogP contribution in [0.4, 0.5) is 27.6 Å². The zero-order chi connectivity index (χ0) is 23.6. The first-order valence-corrected chi connectivity index (χ1v) is 11.1. The highest BCUT2D eigenvalue weighted by Crippen LogP contribution is 2.32. The van der Waals surface area contributed by atoms with Gasteiger partial charge in [0.1, 0.15) is 0 Å². The zero-order valence-corrected chi connectivity index (χ0v) is 18.1. The molecule has 0 saturated carbocycles. The standard InChI is InChI=1S/C24H26F5N3O/c25-21-6-4-17(14-22(21)26)16-32-9-8-19(5-7-23(32)33)30-10-12-31(13-11-30)20-3-1-2-18(15-20)24(27,28)29/h1-4,6,14-15,19H,5,7-13,16H2/t19-/m1/s1. The highest BCUT2D eigenvalue weighted by molar-refractivity contribution is 5.76. The third-order valence-electron chi connectivity index (χ3n) is 6.50. The molecule has 2 aromatic rings. The summed E-state index contributed by atoms with van der Waals surface area (Å²) in [5.74, 6) is -1.85. The van der Waals surface area contributed by atoms with Crippen molar-refractivity contribution in [3.8, 4) is 0 Å². The number of carbonyl (C=O) groups excluding carboxylic acids is 1. The van der Waals surface area contributed by atoms with Crippen molar-refractivity contribution in [2.24, 2.45) is 0 Å². The number of amides is 1. The van der Waals surface area contributed by atoms with E-state index in [-0.39, 0.29) is 18.5 Å². The first-order valence-electron chi connectivity index (χ1n) is 11.1. The number of nitrogens with zero attached hydrogens (tertiary/aromatic N) is 3. The van der Waals surface area contributed by atoms with Crippen LogP contribution in [0.1, 0.15) is 30.4 Å². The summed E-state index contributed by atoms with van der Waals surface area (Å²) in [6.07, 6.45) is -2.52. The van der Waals surface area contributed by atoms with E-state index in [1.54, 1.807) is 11.0 Å². The first kappa shape index (κ1) is 23.5. The molecule has 4 rings (SSSR count). The van der Waals surface area contributed by atoms with Crippen LogP contribution in [-0.4, -0.2) is 54.5 Å². The molecule has 0 spiro atoms. The first-order chi connectivity index (χ1) is 15.7. The molecule has 2 fully saturated rings. The monoisotopic (exact) mass is 467 g/mol. The Morgan fingerprint density at radius 1 is 0.879 bits per heavy atom. The Bertz CT molecular complexity index is 988. The number of alkyl halides is 3. The average molecular weight is 467 g/mol. The van der Waals surface area contributed by atoms with Gasteiger partial charge in [-0.15, -0.1) is 0 Å². The van der Waals surface area contributed by atoms with Gasteiger partial charge in [-0.2, -0.15) is 13.2 Å². The van der Waals surface area contributed by atoms with Crippen LogP contribution in [0.5, 0.6) is 0 Å². The van der Waals surface area contributed by atoms with E-state index in [4.69, 9.17) is 0 Å². The van der Waals surface area contributed by atoms with Gasteiger partial charge in [0.25, 0.3) is 0 Å². The van der Waals surface area contributed by atoms with E-state index in [0.29, 0.717) is 56.8 Å². The third-order valence-corrected chi connectivity index (χ3v) is 6.50. The van der Waals surface area contributed by atoms with Crippen molar-refractivity contribution >= 4 is 11.6 Å². The van der Waals surface area contributed by atoms with Gasteiger partial charge in [-0.1, -0.05) is 12.1 Å². The smallest absolute Gasteiger partial charge is 0.369 e. The number of carbonyl (C=O) groups is 1. The van der Waals surface area contributed by atoms with Crippen molar-refractivity contribution in [2.75, 3.05) is 37.6 Å². The van der Waals surface area contributed by atoms with Crippen molar-refractivity contribution in [2.45, 2.75) is 38.0 Å². The fourth-order valence-electron chi connectivity index (χ4n) is 4.64. The number of piperazine rings is 1. The molecule has 2 aliphatic heterocycles. The summed E-state index contributed by atoms with van der Waals surface area (Å²) in [4.78, 5) is 18.5. The van der Waals surface area contributed by atoms with E-state index < -0.39 is 23.4 Å². The van der Waals surface area contributed by atoms with E-state index in [9.17, 15) is 26.7 Å². The van der Waals surface area contributed by atoms with E-state index >= 15 is 0 Å². The summed E-state index contributed by atoms with van der Waals surface area (Å²) in [6, 6.07) is 9.28. The van der Waals surface area contributed by atoms with Crippen molar-refractivity contribution in [1.29, 1.82) is 0 Å². The SMILES string of the molecule is O=C1CC[C@@H](N2CCN(c3cccc(C(F)(F)F)c3)CC2)CCN1Cc1ccc(F)c(F)c1. The molecular weight excluding hydrogens is 441 g/mol. The second-order valence-electron chi connectivity index (χ2n) is 8.62. The van der Waals surface area contributed by atoms with E-state index in [2.05, 4.69) is 4.90 Å². The number of anilines is 1. The summed E-state index contributed by atoms with van der Waals surface area (Å²) in [5.41, 5.74) is 0.472. The maximum atomic E-state index is 13.5. The molecule has 4 nitrogen and oxygen atoms in total. The van der Waals surface area contributed by atoms with Crippen LogP contribution in [0.2, 0.25) is 0 Å². The molecule has 2 aliphatic rings. The van der Waals surface area contributed by atoms with Gasteiger partial charge in [0.2, 0.25) is 5.91 Å². The molecule has 2 saturated heterocycles. The quantitative estimate of drug-likeness (QED) is 0.611. The van der Waals surface area contributed by atoms with Crippen LogP contribution in [0, 0.1) is 11.6 Å². The van der Waals surface area contributed by atoms with Gasteiger partial charge in [-0.3, -0.25) is 9.69 Å². The zero-order valence-electron chi connectivity index (χ0n) is 18.1. The van der Waals surface area contributed by atoms with Gasteiger partial charge < -0.3 is 9.80 Å². The van der Waals surface area contributed by atoms with Crippen molar-refractivity contribution in [1.82, 2.24) is 9.80 Å². The Kier molecular flexibility index (Phi) is 6.88. The molecule has 0 unspecified atom stereocenters.